The molecular weight excluding hydrogens is 287 g/mol. The zero-order valence-electron chi connectivity index (χ0n) is 12.2. The summed E-state index contributed by atoms with van der Waals surface area (Å²) in [4.78, 5) is 29.8. The predicted octanol–water partition coefficient (Wildman–Crippen LogP) is -4.23. The molecule has 21 heavy (non-hydrogen) atoms. The van der Waals surface area contributed by atoms with Crippen molar-refractivity contribution in [3.63, 3.8) is 0 Å². The van der Waals surface area contributed by atoms with Gasteiger partial charge in [0.05, 0.1) is 35.4 Å². The first-order valence-electron chi connectivity index (χ1n) is 6.56. The number of nitrogens with zero attached hydrogens (tertiary/aromatic N) is 2. The maximum atomic E-state index is 12.0. The molecule has 108 valence electrons. The molecule has 1 amide bonds. The summed E-state index contributed by atoms with van der Waals surface area (Å²) in [7, 11) is 0. The summed E-state index contributed by atoms with van der Waals surface area (Å²) in [6, 6.07) is -0.310. The van der Waals surface area contributed by atoms with Crippen molar-refractivity contribution in [1.29, 1.82) is 0 Å². The van der Waals surface area contributed by atoms with Gasteiger partial charge in [0, 0.05) is 12.0 Å². The smallest absolute Gasteiger partial charge is 0.543 e. The van der Waals surface area contributed by atoms with Crippen LogP contribution in [0.3, 0.4) is 0 Å². The monoisotopic (exact) mass is 302 g/mol. The Hall–Kier alpha value is -0.890. The topological polar surface area (TPSA) is 102 Å². The van der Waals surface area contributed by atoms with Crippen LogP contribution in [-0.2, 0) is 14.4 Å². The van der Waals surface area contributed by atoms with E-state index in [-0.39, 0.29) is 47.2 Å². The number of β-lactam (4-membered cyclic amide) rings is 1. The van der Waals surface area contributed by atoms with Gasteiger partial charge in [-0.25, -0.2) is 0 Å². The van der Waals surface area contributed by atoms with Gasteiger partial charge in [0.2, 0.25) is 5.91 Å². The van der Waals surface area contributed by atoms with E-state index in [1.807, 2.05) is 0 Å². The molecule has 3 aliphatic heterocycles. The van der Waals surface area contributed by atoms with E-state index in [9.17, 15) is 19.8 Å². The number of aliphatic carboxylic acids is 1. The minimum Gasteiger partial charge on any atom is -0.543 e. The average molecular weight is 302 g/mol. The van der Waals surface area contributed by atoms with Crippen molar-refractivity contribution < 1.29 is 54.2 Å². The summed E-state index contributed by atoms with van der Waals surface area (Å²) < 4.78 is 0. The number of rotatable bonds is 3. The van der Waals surface area contributed by atoms with Crippen molar-refractivity contribution in [2.24, 2.45) is 11.1 Å². The average Bonchev–Trinajstić information content (AvgIpc) is 2.90. The molecule has 0 saturated carbocycles. The molecule has 1 fully saturated rings. The normalized spacial score (nSPS) is 32.0. The van der Waals surface area contributed by atoms with Crippen LogP contribution in [0.5, 0.6) is 0 Å². The zero-order valence-corrected chi connectivity index (χ0v) is 14.2. The number of aliphatic hydroxyl groups is 1. The quantitative estimate of drug-likeness (QED) is 0.420. The van der Waals surface area contributed by atoms with E-state index in [2.05, 4.69) is 5.16 Å². The Labute approximate surface area is 143 Å². The molecule has 0 aromatic rings. The summed E-state index contributed by atoms with van der Waals surface area (Å²) in [5, 5.41) is 24.8. The van der Waals surface area contributed by atoms with Crippen LogP contribution in [0.25, 0.3) is 0 Å². The number of hydrogen-bond acceptors (Lipinski definition) is 6. The van der Waals surface area contributed by atoms with Crippen LogP contribution in [0.4, 0.5) is 0 Å². The third-order valence-electron chi connectivity index (χ3n) is 4.16. The molecule has 0 radical (unpaired) electrons. The van der Waals surface area contributed by atoms with Crippen LogP contribution in [0.2, 0.25) is 0 Å². The molecular formula is C13H15N2NaO5. The number of aliphatic hydroxyl groups excluding tert-OH is 1. The third kappa shape index (κ3) is 2.42. The second kappa shape index (κ2) is 5.72. The van der Waals surface area contributed by atoms with Crippen molar-refractivity contribution >= 4 is 17.6 Å². The molecule has 0 aromatic heterocycles. The summed E-state index contributed by atoms with van der Waals surface area (Å²) in [5.41, 5.74) is 1.21. The van der Waals surface area contributed by atoms with Gasteiger partial charge in [0.25, 0.3) is 0 Å². The van der Waals surface area contributed by atoms with Crippen molar-refractivity contribution in [2.45, 2.75) is 44.9 Å². The maximum Gasteiger partial charge on any atom is 1.00 e. The molecule has 0 aliphatic carbocycles. The molecule has 7 nitrogen and oxygen atoms in total. The first-order chi connectivity index (χ1) is 9.41. The van der Waals surface area contributed by atoms with E-state index in [1.54, 1.807) is 6.92 Å². The molecule has 1 saturated heterocycles. The number of carboxylic acid groups (broad SMARTS) is 1. The Balaban J connectivity index is 0.00000161. The Bertz CT molecular complexity index is 557. The first-order valence-corrected chi connectivity index (χ1v) is 6.56. The van der Waals surface area contributed by atoms with Gasteiger partial charge in [0.1, 0.15) is 0 Å². The summed E-state index contributed by atoms with van der Waals surface area (Å²) >= 11 is 0. The van der Waals surface area contributed by atoms with Crippen LogP contribution in [0.1, 0.15) is 26.7 Å². The fraction of sp³-hybridized carbons (Fsp3) is 0.615. The Kier molecular flexibility index (Phi) is 4.49. The van der Waals surface area contributed by atoms with Gasteiger partial charge >= 0.3 is 29.6 Å². The first kappa shape index (κ1) is 16.5. The van der Waals surface area contributed by atoms with E-state index in [4.69, 9.17) is 4.84 Å². The Morgan fingerprint density at radius 2 is 2.19 bits per heavy atom. The molecule has 8 heteroatoms. The molecule has 0 spiro atoms. The molecule has 1 N–H and O–H groups in total. The van der Waals surface area contributed by atoms with Crippen molar-refractivity contribution in [1.82, 2.24) is 4.90 Å². The van der Waals surface area contributed by atoms with E-state index in [1.165, 1.54) is 11.8 Å². The third-order valence-corrected chi connectivity index (χ3v) is 4.16. The zero-order chi connectivity index (χ0) is 14.6. The molecule has 3 rings (SSSR count). The Morgan fingerprint density at radius 3 is 2.67 bits per heavy atom. The van der Waals surface area contributed by atoms with E-state index >= 15 is 0 Å². The number of carbonyl (C=O) groups is 2. The van der Waals surface area contributed by atoms with Crippen LogP contribution >= 0.6 is 0 Å². The number of amides is 1. The van der Waals surface area contributed by atoms with Gasteiger partial charge in [-0.05, 0) is 20.3 Å². The predicted molar refractivity (Wildman–Crippen MR) is 65.1 cm³/mol. The number of carboxylic acids is 1. The number of oxime groups is 1. The molecule has 4 atom stereocenters. The maximum absolute atomic E-state index is 12.0. The van der Waals surface area contributed by atoms with Gasteiger partial charge < -0.3 is 24.7 Å². The van der Waals surface area contributed by atoms with E-state index in [0.717, 1.165) is 5.71 Å². The van der Waals surface area contributed by atoms with Crippen molar-refractivity contribution in [2.75, 3.05) is 0 Å². The summed E-state index contributed by atoms with van der Waals surface area (Å²) in [6.07, 6.45) is -0.345. The van der Waals surface area contributed by atoms with E-state index in [0.29, 0.717) is 18.4 Å². The molecule has 0 unspecified atom stereocenters. The second-order valence-electron chi connectivity index (χ2n) is 5.53. The van der Waals surface area contributed by atoms with Crippen LogP contribution < -0.4 is 34.7 Å². The van der Waals surface area contributed by atoms with Gasteiger partial charge in [-0.2, -0.15) is 0 Å². The minimum absolute atomic E-state index is 0. The molecule has 0 bridgehead atoms. The van der Waals surface area contributed by atoms with E-state index < -0.39 is 24.1 Å². The number of hydrogen-bond donors (Lipinski definition) is 1. The van der Waals surface area contributed by atoms with Gasteiger partial charge in [0.15, 0.2) is 6.10 Å². The van der Waals surface area contributed by atoms with Crippen molar-refractivity contribution in [3.05, 3.63) is 11.3 Å². The van der Waals surface area contributed by atoms with Gasteiger partial charge in [-0.1, -0.05) is 5.16 Å². The summed E-state index contributed by atoms with van der Waals surface area (Å²) in [6.45, 7) is 3.34. The van der Waals surface area contributed by atoms with Gasteiger partial charge in [-0.15, -0.1) is 0 Å². The minimum atomic E-state index is -1.38. The fourth-order valence-electron chi connectivity index (χ4n) is 3.26. The second-order valence-corrected chi connectivity index (χ2v) is 5.53. The van der Waals surface area contributed by atoms with Crippen LogP contribution in [-0.4, -0.2) is 45.8 Å². The molecule has 0 aromatic carbocycles. The molecule has 3 aliphatic rings. The summed E-state index contributed by atoms with van der Waals surface area (Å²) in [5.74, 6) is -2.30. The number of carbonyl (C=O) groups excluding carboxylic acids is 2. The Morgan fingerprint density at radius 1 is 1.52 bits per heavy atom. The molecule has 3 heterocycles. The van der Waals surface area contributed by atoms with Crippen molar-refractivity contribution in [3.8, 4) is 0 Å². The largest absolute Gasteiger partial charge is 1.00 e. The standard InChI is InChI=1S/C13H16N2O5.Na/c1-5-3-9(20-14-5)7-4-8-10(6(2)16)12(17)15(8)11(7)13(18)19;/h6,8-10,16H,3-4H2,1-2H3,(H,18,19);/q;+1/p-1/t6-,8-,9-,10-;/m1./s1. The van der Waals surface area contributed by atoms with Gasteiger partial charge in [-0.3, -0.25) is 4.79 Å². The number of fused-ring (bicyclic) bond motifs is 1. The van der Waals surface area contributed by atoms with Crippen LogP contribution in [0, 0.1) is 5.92 Å². The fourth-order valence-corrected chi connectivity index (χ4v) is 3.26. The SMILES string of the molecule is CC1=NO[C@@H](C2=C(C(=O)[O-])N3C(=O)[C@H]([C@@H](C)O)[C@H]3C2)C1.[Na+]. The van der Waals surface area contributed by atoms with Crippen LogP contribution in [0.15, 0.2) is 16.4 Å².